The average Bonchev–Trinajstić information content (AvgIpc) is 2.88. The Bertz CT molecular complexity index is 734. The van der Waals surface area contributed by atoms with Crippen LogP contribution in [0.5, 0.6) is 23.0 Å². The van der Waals surface area contributed by atoms with Crippen LogP contribution in [0.15, 0.2) is 0 Å². The van der Waals surface area contributed by atoms with Crippen molar-refractivity contribution >= 4 is 34.8 Å². The van der Waals surface area contributed by atoms with Crippen LogP contribution in [0, 0.1) is 0 Å². The van der Waals surface area contributed by atoms with Crippen molar-refractivity contribution in [2.24, 2.45) is 0 Å². The molecule has 0 bridgehead atoms. The first-order valence-corrected chi connectivity index (χ1v) is 9.25. The molecule has 0 radical (unpaired) electrons. The van der Waals surface area contributed by atoms with Gasteiger partial charge in [0.15, 0.2) is 23.0 Å². The van der Waals surface area contributed by atoms with Crippen molar-refractivity contribution in [3.63, 3.8) is 0 Å². The van der Waals surface area contributed by atoms with Crippen molar-refractivity contribution in [2.75, 3.05) is 0 Å². The molecule has 10 heteroatoms. The Kier molecular flexibility index (Phi) is 7.27. The van der Waals surface area contributed by atoms with Crippen LogP contribution >= 0.6 is 22.7 Å². The number of aromatic hydroxyl groups is 4. The number of rotatable bonds is 2. The van der Waals surface area contributed by atoms with Gasteiger partial charge >= 0.3 is 0 Å². The second-order valence-electron chi connectivity index (χ2n) is 7.82. The predicted molar refractivity (Wildman–Crippen MR) is 102 cm³/mol. The van der Waals surface area contributed by atoms with Crippen molar-refractivity contribution in [1.29, 1.82) is 0 Å². The van der Waals surface area contributed by atoms with Crippen LogP contribution in [-0.4, -0.2) is 20.4 Å². The summed E-state index contributed by atoms with van der Waals surface area (Å²) in [5.74, 6) is -0.503. The summed E-state index contributed by atoms with van der Waals surface area (Å²) >= 11 is 2.62. The van der Waals surface area contributed by atoms with Gasteiger partial charge in [0.1, 0.15) is 0 Å². The van der Waals surface area contributed by atoms with Crippen LogP contribution in [0.2, 0.25) is 0 Å². The molecule has 0 saturated carbocycles. The number of thiophene rings is 2. The van der Waals surface area contributed by atoms with E-state index < -0.39 is 0 Å². The molecule has 140 valence electrons. The Morgan fingerprint density at radius 2 is 0.786 bits per heavy atom. The minimum Gasteiger partial charge on any atom is -0.503 e. The summed E-state index contributed by atoms with van der Waals surface area (Å²) in [6.45, 7) is 11.8. The third kappa shape index (κ3) is 4.05. The molecule has 0 aliphatic rings. The third-order valence-corrected chi connectivity index (χ3v) is 6.64. The first-order valence-electron chi connectivity index (χ1n) is 7.62. The van der Waals surface area contributed by atoms with Gasteiger partial charge in [-0.25, -0.2) is 0 Å². The molecule has 0 amide bonds. The normalized spacial score (nSPS) is 11.2. The molecule has 28 heavy (non-hydrogen) atoms. The van der Waals surface area contributed by atoms with Crippen LogP contribution in [0.3, 0.4) is 0 Å². The molecular formula is C18H24O4Rf4S2. The zero-order valence-electron chi connectivity index (χ0n) is 17.6. The molecule has 0 fully saturated rings. The van der Waals surface area contributed by atoms with Crippen molar-refractivity contribution < 1.29 is 20.4 Å². The van der Waals surface area contributed by atoms with E-state index in [1.54, 1.807) is 12.2 Å². The summed E-state index contributed by atoms with van der Waals surface area (Å²) in [6, 6.07) is 0. The minimum absolute atomic E-state index is 0. The molecular weight excluding hydrogens is 1410 g/mol. The summed E-state index contributed by atoms with van der Waals surface area (Å²) in [5.41, 5.74) is -0.553. The standard InChI is InChI=1S/C18H24O4S2.4Rf/c1-17(2,3)15-13(21)11(19)9(23-15)7-8-10-12(20)14(22)16(24-10)18(4,5)6;;;;/h7-8,19-22H,1-6H3;;;;/b8-7+;;;;. The molecule has 0 aliphatic carbocycles. The summed E-state index contributed by atoms with van der Waals surface area (Å²) < 4.78 is 0. The van der Waals surface area contributed by atoms with Crippen LogP contribution in [0.25, 0.3) is 12.2 Å². The van der Waals surface area contributed by atoms with E-state index in [0.717, 1.165) is 0 Å². The zero-order chi connectivity index (χ0) is 18.4. The van der Waals surface area contributed by atoms with Gasteiger partial charge in [0, 0.05) is 10.8 Å². The quantitative estimate of drug-likeness (QED) is 0.326. The summed E-state index contributed by atoms with van der Waals surface area (Å²) in [6.07, 6.45) is 3.29. The third-order valence-electron chi connectivity index (χ3n) is 3.52. The molecule has 2 heterocycles. The van der Waals surface area contributed by atoms with Gasteiger partial charge < -0.3 is 20.4 Å². The Morgan fingerprint density at radius 1 is 0.536 bits per heavy atom. The smallest absolute Gasteiger partial charge is 0.176 e. The van der Waals surface area contributed by atoms with Gasteiger partial charge in [-0.15, -0.1) is 22.7 Å². The van der Waals surface area contributed by atoms with Gasteiger partial charge in [0.25, 0.3) is 0 Å². The van der Waals surface area contributed by atoms with Crippen molar-refractivity contribution in [1.82, 2.24) is 0 Å². The fourth-order valence-corrected chi connectivity index (χ4v) is 4.35. The van der Waals surface area contributed by atoms with Crippen LogP contribution in [0.4, 0.5) is 0 Å². The van der Waals surface area contributed by atoms with E-state index in [1.807, 2.05) is 41.5 Å². The average molecular weight is 1440 g/mol. The molecule has 0 aromatic carbocycles. The first kappa shape index (κ1) is 27.2. The molecule has 0 atom stereocenters. The zero-order valence-corrected chi connectivity index (χ0v) is 44.8. The van der Waals surface area contributed by atoms with E-state index in [2.05, 4.69) is 0 Å². The van der Waals surface area contributed by atoms with E-state index in [0.29, 0.717) is 19.5 Å². The fourth-order valence-electron chi connectivity index (χ4n) is 2.26. The first-order chi connectivity index (χ1) is 10.8. The predicted octanol–water partition coefficient (Wildman–Crippen LogP) is 5.40. The minimum atomic E-state index is -0.277. The molecule has 4 N–H and O–H groups in total. The Labute approximate surface area is 150 Å². The maximum absolute atomic E-state index is 10.1. The number of hydrogen-bond donors (Lipinski definition) is 4. The van der Waals surface area contributed by atoms with E-state index in [-0.39, 0.29) is 33.8 Å². The molecule has 2 aromatic rings. The van der Waals surface area contributed by atoms with Gasteiger partial charge in [0.2, 0.25) is 0 Å². The molecule has 0 unspecified atom stereocenters. The summed E-state index contributed by atoms with van der Waals surface area (Å²) in [7, 11) is 0. The Balaban J connectivity index is -0.00000156. The van der Waals surface area contributed by atoms with Crippen molar-refractivity contribution in [2.45, 2.75) is 52.4 Å². The molecule has 2 aromatic heterocycles. The van der Waals surface area contributed by atoms with Crippen molar-refractivity contribution in [3.05, 3.63) is 19.5 Å². The van der Waals surface area contributed by atoms with Gasteiger partial charge in [-0.2, -0.15) is 0 Å². The topological polar surface area (TPSA) is 80.9 Å². The van der Waals surface area contributed by atoms with E-state index in [1.165, 1.54) is 22.7 Å². The Hall–Kier alpha value is -5.66. The molecule has 4 nitrogen and oxygen atoms in total. The molecule has 0 aliphatic heterocycles. The molecule has 0 saturated heterocycles. The van der Waals surface area contributed by atoms with Crippen LogP contribution < -0.4 is 0 Å². The van der Waals surface area contributed by atoms with E-state index in [9.17, 15) is 20.4 Å². The van der Waals surface area contributed by atoms with Crippen molar-refractivity contribution in [3.8, 4) is 23.0 Å². The van der Waals surface area contributed by atoms with Gasteiger partial charge in [-0.3, -0.25) is 0 Å². The molecule has 0 spiro atoms. The van der Waals surface area contributed by atoms with Crippen LogP contribution in [0.1, 0.15) is 61.1 Å². The molecule has 2 rings (SSSR count). The van der Waals surface area contributed by atoms with E-state index >= 15 is 0 Å². The van der Waals surface area contributed by atoms with Gasteiger partial charge in [-0.1, -0.05) is 41.5 Å². The number of hydrogen-bond acceptors (Lipinski definition) is 6. The second kappa shape index (κ2) is 7.49. The van der Waals surface area contributed by atoms with Gasteiger partial charge in [0.05, 0.1) is 19.5 Å². The SMILES string of the molecule is CC(C)(C)c1sc(/C=C/c2sc(C(C)(C)C)c(O)c2O)c(O)c1O.[Rf].[Rf].[Rf].[Rf]. The summed E-state index contributed by atoms with van der Waals surface area (Å²) in [5, 5.41) is 40.4. The van der Waals surface area contributed by atoms with E-state index in [4.69, 9.17) is 0 Å². The summed E-state index contributed by atoms with van der Waals surface area (Å²) in [4.78, 5) is 2.44. The second-order valence-corrected chi connectivity index (χ2v) is 9.92. The maximum atomic E-state index is 10.1. The monoisotopic (exact) mass is 1440 g/mol. The maximum Gasteiger partial charge on any atom is 0.176 e. The largest absolute Gasteiger partial charge is 0.503 e. The fraction of sp³-hybridized carbons (Fsp3) is 0.444. The van der Waals surface area contributed by atoms with Crippen LogP contribution in [-0.2, 0) is 10.8 Å². The Morgan fingerprint density at radius 3 is 0.964 bits per heavy atom. The van der Waals surface area contributed by atoms with Gasteiger partial charge in [-0.05, 0) is 12.2 Å².